The lowest BCUT2D eigenvalue weighted by Crippen LogP contribution is -2.58. The van der Waals surface area contributed by atoms with Crippen molar-refractivity contribution < 1.29 is 23.9 Å². The first-order valence-corrected chi connectivity index (χ1v) is 10.3. The summed E-state index contributed by atoms with van der Waals surface area (Å²) in [7, 11) is -2.11. The number of alkyl carbamates (subject to hydrolysis) is 1. The van der Waals surface area contributed by atoms with E-state index in [9.17, 15) is 14.7 Å². The fourth-order valence-corrected chi connectivity index (χ4v) is 2.30. The Morgan fingerprint density at radius 3 is 1.82 bits per heavy atom. The van der Waals surface area contributed by atoms with E-state index in [-0.39, 0.29) is 11.6 Å². The fraction of sp³-hybridized carbons (Fsp3) is 0.867. The summed E-state index contributed by atoms with van der Waals surface area (Å²) in [4.78, 5) is 23.4. The van der Waals surface area contributed by atoms with Crippen molar-refractivity contribution in [2.45, 2.75) is 77.7 Å². The van der Waals surface area contributed by atoms with Crippen molar-refractivity contribution in [3.05, 3.63) is 0 Å². The Bertz CT molecular complexity index is 423. The minimum Gasteiger partial charge on any atom is -0.479 e. The number of rotatable bonds is 5. The minimum atomic E-state index is -2.11. The molecule has 22 heavy (non-hydrogen) atoms. The molecule has 1 amide bonds. The van der Waals surface area contributed by atoms with Crippen LogP contribution in [0.1, 0.15) is 48.5 Å². The zero-order valence-electron chi connectivity index (χ0n) is 15.3. The molecule has 0 aromatic rings. The van der Waals surface area contributed by atoms with Gasteiger partial charge in [0.25, 0.3) is 0 Å². The molecule has 0 aliphatic rings. The van der Waals surface area contributed by atoms with Crippen molar-refractivity contribution in [3.63, 3.8) is 0 Å². The summed E-state index contributed by atoms with van der Waals surface area (Å²) < 4.78 is 11.1. The topological polar surface area (TPSA) is 84.9 Å². The second-order valence-corrected chi connectivity index (χ2v) is 13.1. The molecule has 130 valence electrons. The molecule has 0 aromatic carbocycles. The molecule has 6 nitrogen and oxygen atoms in total. The Hall–Kier alpha value is -1.08. The monoisotopic (exact) mass is 333 g/mol. The average Bonchev–Trinajstić information content (AvgIpc) is 2.21. The molecule has 0 unspecified atom stereocenters. The van der Waals surface area contributed by atoms with Crippen LogP contribution in [0, 0.1) is 0 Å². The smallest absolute Gasteiger partial charge is 0.408 e. The Morgan fingerprint density at radius 1 is 1.05 bits per heavy atom. The van der Waals surface area contributed by atoms with E-state index in [1.54, 1.807) is 20.8 Å². The first-order valence-electron chi connectivity index (χ1n) is 7.39. The van der Waals surface area contributed by atoms with Crippen LogP contribution in [-0.2, 0) is 14.0 Å². The summed E-state index contributed by atoms with van der Waals surface area (Å²) >= 11 is 0. The maximum atomic E-state index is 11.9. The van der Waals surface area contributed by atoms with Crippen molar-refractivity contribution in [2.75, 3.05) is 6.61 Å². The van der Waals surface area contributed by atoms with Crippen LogP contribution in [0.5, 0.6) is 0 Å². The van der Waals surface area contributed by atoms with Crippen LogP contribution < -0.4 is 5.32 Å². The van der Waals surface area contributed by atoms with E-state index in [1.165, 1.54) is 6.92 Å². The molecule has 7 heteroatoms. The van der Waals surface area contributed by atoms with Crippen LogP contribution in [-0.4, -0.2) is 43.2 Å². The number of carboxylic acids is 1. The second-order valence-electron chi connectivity index (χ2n) is 8.31. The van der Waals surface area contributed by atoms with Gasteiger partial charge in [0, 0.05) is 0 Å². The summed E-state index contributed by atoms with van der Waals surface area (Å²) in [5, 5.41) is 11.8. The highest BCUT2D eigenvalue weighted by Crippen LogP contribution is 2.37. The molecule has 0 saturated carbocycles. The van der Waals surface area contributed by atoms with Gasteiger partial charge in [0.1, 0.15) is 5.60 Å². The molecule has 0 spiro atoms. The van der Waals surface area contributed by atoms with E-state index >= 15 is 0 Å². The standard InChI is InChI=1S/C15H31NO5Si/c1-13(2,3)21-12(19)16-15(7,11(17)18)10-20-22(8,9)14(4,5)6/h10H2,1-9H3,(H,16,19)(H,17,18)/t15-/m0/s1. The molecule has 0 rings (SSSR count). The van der Waals surface area contributed by atoms with E-state index < -0.39 is 31.5 Å². The number of carbonyl (C=O) groups excluding carboxylic acids is 1. The van der Waals surface area contributed by atoms with Gasteiger partial charge < -0.3 is 19.6 Å². The maximum absolute atomic E-state index is 11.9. The molecule has 0 aromatic heterocycles. The third kappa shape index (κ3) is 6.35. The number of carboxylic acid groups (broad SMARTS) is 1. The Balaban J connectivity index is 4.99. The lowest BCUT2D eigenvalue weighted by molar-refractivity contribution is -0.145. The van der Waals surface area contributed by atoms with Crippen molar-refractivity contribution in [2.24, 2.45) is 0 Å². The van der Waals surface area contributed by atoms with Gasteiger partial charge >= 0.3 is 12.1 Å². The van der Waals surface area contributed by atoms with Gasteiger partial charge in [-0.15, -0.1) is 0 Å². The fourth-order valence-electron chi connectivity index (χ4n) is 1.22. The molecule has 0 heterocycles. The van der Waals surface area contributed by atoms with E-state index in [0.717, 1.165) is 0 Å². The highest BCUT2D eigenvalue weighted by Gasteiger charge is 2.43. The molecule has 0 fully saturated rings. The Kier molecular flexibility index (Phi) is 6.25. The Morgan fingerprint density at radius 2 is 1.50 bits per heavy atom. The molecule has 1 atom stereocenters. The lowest BCUT2D eigenvalue weighted by atomic mass is 10.1. The van der Waals surface area contributed by atoms with Gasteiger partial charge in [-0.1, -0.05) is 20.8 Å². The largest absolute Gasteiger partial charge is 0.479 e. The van der Waals surface area contributed by atoms with Crippen molar-refractivity contribution >= 4 is 20.4 Å². The quantitative estimate of drug-likeness (QED) is 0.753. The predicted molar refractivity (Wildman–Crippen MR) is 88.6 cm³/mol. The SMILES string of the molecule is CC(C)(C)OC(=O)N[C@@](C)(CO[Si](C)(C)C(C)(C)C)C(=O)O. The zero-order valence-corrected chi connectivity index (χ0v) is 16.3. The maximum Gasteiger partial charge on any atom is 0.408 e. The van der Waals surface area contributed by atoms with Gasteiger partial charge in [0.2, 0.25) is 0 Å². The molecule has 0 saturated heterocycles. The van der Waals surface area contributed by atoms with Crippen LogP contribution in [0.3, 0.4) is 0 Å². The van der Waals surface area contributed by atoms with Gasteiger partial charge in [0.15, 0.2) is 13.9 Å². The first-order chi connectivity index (χ1) is 9.50. The Labute approximate surface area is 134 Å². The van der Waals surface area contributed by atoms with Crippen LogP contribution in [0.2, 0.25) is 18.1 Å². The molecule has 0 radical (unpaired) electrons. The van der Waals surface area contributed by atoms with Gasteiger partial charge in [-0.25, -0.2) is 9.59 Å². The number of aliphatic carboxylic acids is 1. The van der Waals surface area contributed by atoms with E-state index in [0.29, 0.717) is 0 Å². The average molecular weight is 334 g/mol. The van der Waals surface area contributed by atoms with E-state index in [1.807, 2.05) is 13.1 Å². The molecule has 2 N–H and O–H groups in total. The number of amides is 1. The summed E-state index contributed by atoms with van der Waals surface area (Å²) in [6, 6.07) is 0. The molecular weight excluding hydrogens is 302 g/mol. The number of carbonyl (C=O) groups is 2. The van der Waals surface area contributed by atoms with E-state index in [4.69, 9.17) is 9.16 Å². The third-order valence-corrected chi connectivity index (χ3v) is 8.26. The summed E-state index contributed by atoms with van der Waals surface area (Å²) in [5.74, 6) is -1.16. The van der Waals surface area contributed by atoms with Crippen LogP contribution in [0.4, 0.5) is 4.79 Å². The van der Waals surface area contributed by atoms with Crippen LogP contribution in [0.25, 0.3) is 0 Å². The summed E-state index contributed by atoms with van der Waals surface area (Å²) in [6.45, 7) is 16.7. The number of nitrogens with one attached hydrogen (secondary N) is 1. The summed E-state index contributed by atoms with van der Waals surface area (Å²) in [6.07, 6.45) is -0.767. The normalized spacial score (nSPS) is 15.9. The van der Waals surface area contributed by atoms with Crippen LogP contribution in [0.15, 0.2) is 0 Å². The van der Waals surface area contributed by atoms with Gasteiger partial charge in [-0.2, -0.15) is 0 Å². The summed E-state index contributed by atoms with van der Waals surface area (Å²) in [5.41, 5.74) is -2.22. The van der Waals surface area contributed by atoms with E-state index in [2.05, 4.69) is 26.1 Å². The van der Waals surface area contributed by atoms with Crippen molar-refractivity contribution in [1.82, 2.24) is 5.32 Å². The van der Waals surface area contributed by atoms with Gasteiger partial charge in [0.05, 0.1) is 6.61 Å². The number of hydrogen-bond acceptors (Lipinski definition) is 4. The van der Waals surface area contributed by atoms with Crippen LogP contribution >= 0.6 is 0 Å². The highest BCUT2D eigenvalue weighted by molar-refractivity contribution is 6.74. The third-order valence-electron chi connectivity index (χ3n) is 3.78. The van der Waals surface area contributed by atoms with Gasteiger partial charge in [-0.05, 0) is 45.8 Å². The predicted octanol–water partition coefficient (Wildman–Crippen LogP) is 3.38. The molecule has 0 aliphatic carbocycles. The number of ether oxygens (including phenoxy) is 1. The van der Waals surface area contributed by atoms with Crippen molar-refractivity contribution in [3.8, 4) is 0 Å². The van der Waals surface area contributed by atoms with Crippen molar-refractivity contribution in [1.29, 1.82) is 0 Å². The lowest BCUT2D eigenvalue weighted by Gasteiger charge is -2.39. The molecular formula is C15H31NO5Si. The minimum absolute atomic E-state index is 0.0433. The highest BCUT2D eigenvalue weighted by atomic mass is 28.4. The second kappa shape index (κ2) is 6.58. The number of hydrogen-bond donors (Lipinski definition) is 2. The van der Waals surface area contributed by atoms with Gasteiger partial charge in [-0.3, -0.25) is 0 Å². The first kappa shape index (κ1) is 20.9. The zero-order chi connectivity index (χ0) is 18.0. The molecule has 0 bridgehead atoms. The molecule has 0 aliphatic heterocycles.